The first-order valence-corrected chi connectivity index (χ1v) is 9.33. The Morgan fingerprint density at radius 1 is 1.33 bits per heavy atom. The predicted molar refractivity (Wildman–Crippen MR) is 92.4 cm³/mol. The fraction of sp³-hybridized carbons (Fsp3) is 0.650. The number of carbonyl (C=O) groups is 1. The fourth-order valence-corrected chi connectivity index (χ4v) is 4.24. The first-order valence-electron chi connectivity index (χ1n) is 9.33. The number of hydrogen-bond donors (Lipinski definition) is 0. The number of hydrogen-bond acceptors (Lipinski definition) is 2. The van der Waals surface area contributed by atoms with Crippen molar-refractivity contribution in [3.8, 4) is 0 Å². The number of carbonyl (C=O) groups excluding carboxylic acids is 1. The topological polar surface area (TPSA) is 29.5 Å². The van der Waals surface area contributed by atoms with Crippen molar-refractivity contribution in [1.82, 2.24) is 4.90 Å². The quantitative estimate of drug-likeness (QED) is 0.813. The fourth-order valence-electron chi connectivity index (χ4n) is 4.24. The van der Waals surface area contributed by atoms with Crippen molar-refractivity contribution in [2.75, 3.05) is 19.7 Å². The summed E-state index contributed by atoms with van der Waals surface area (Å²) in [5.74, 6) is -0.0789. The molecule has 1 aliphatic heterocycles. The van der Waals surface area contributed by atoms with Gasteiger partial charge in [0.25, 0.3) is 0 Å². The summed E-state index contributed by atoms with van der Waals surface area (Å²) in [7, 11) is 0. The minimum Gasteiger partial charge on any atom is -0.376 e. The van der Waals surface area contributed by atoms with Crippen LogP contribution in [-0.4, -0.2) is 36.6 Å². The Bertz CT molecular complexity index is 569. The molecule has 1 saturated carbocycles. The Labute approximate surface area is 144 Å². The molecule has 1 aromatic rings. The molecule has 24 heavy (non-hydrogen) atoms. The van der Waals surface area contributed by atoms with Crippen LogP contribution < -0.4 is 0 Å². The standard InChI is InChI=1S/C20H28FNO2/c1-2-13-24-18-9-6-12-22(15-18)19(23)20(10-3-4-11-20)16-7-5-8-17(21)14-16/h5,7-8,14,18H,2-4,6,9-13,15H2,1H3. The second kappa shape index (κ2) is 7.64. The zero-order valence-electron chi connectivity index (χ0n) is 14.6. The van der Waals surface area contributed by atoms with E-state index in [0.29, 0.717) is 6.54 Å². The number of nitrogens with zero attached hydrogens (tertiary/aromatic N) is 1. The van der Waals surface area contributed by atoms with Gasteiger partial charge in [0.2, 0.25) is 5.91 Å². The maximum absolute atomic E-state index is 13.8. The zero-order chi connectivity index (χ0) is 17.0. The number of ether oxygens (including phenoxy) is 1. The Morgan fingerprint density at radius 2 is 2.12 bits per heavy atom. The van der Waals surface area contributed by atoms with Crippen molar-refractivity contribution in [2.24, 2.45) is 0 Å². The first-order chi connectivity index (χ1) is 11.7. The molecule has 3 rings (SSSR count). The van der Waals surface area contributed by atoms with Crippen LogP contribution in [0.15, 0.2) is 24.3 Å². The minimum atomic E-state index is -0.533. The molecule has 132 valence electrons. The molecule has 0 bridgehead atoms. The molecule has 3 nitrogen and oxygen atoms in total. The molecule has 1 aliphatic carbocycles. The lowest BCUT2D eigenvalue weighted by Gasteiger charge is -2.39. The third kappa shape index (κ3) is 3.49. The smallest absolute Gasteiger partial charge is 0.233 e. The first kappa shape index (κ1) is 17.4. The van der Waals surface area contributed by atoms with Crippen molar-refractivity contribution in [3.63, 3.8) is 0 Å². The normalized spacial score (nSPS) is 23.4. The molecule has 1 heterocycles. The molecule has 0 N–H and O–H groups in total. The Hall–Kier alpha value is -1.42. The predicted octanol–water partition coefficient (Wildman–Crippen LogP) is 4.06. The third-order valence-corrected chi connectivity index (χ3v) is 5.47. The van der Waals surface area contributed by atoms with Crippen molar-refractivity contribution >= 4 is 5.91 Å². The summed E-state index contributed by atoms with van der Waals surface area (Å²) in [5, 5.41) is 0. The van der Waals surface area contributed by atoms with E-state index in [4.69, 9.17) is 4.74 Å². The van der Waals surface area contributed by atoms with Crippen LogP contribution in [0.3, 0.4) is 0 Å². The van der Waals surface area contributed by atoms with Crippen LogP contribution in [0.4, 0.5) is 4.39 Å². The lowest BCUT2D eigenvalue weighted by molar-refractivity contribution is -0.141. The van der Waals surface area contributed by atoms with Crippen molar-refractivity contribution in [2.45, 2.75) is 63.4 Å². The second-order valence-corrected chi connectivity index (χ2v) is 7.19. The summed E-state index contributed by atoms with van der Waals surface area (Å²) in [4.78, 5) is 15.4. The van der Waals surface area contributed by atoms with E-state index in [-0.39, 0.29) is 17.8 Å². The zero-order valence-corrected chi connectivity index (χ0v) is 14.6. The van der Waals surface area contributed by atoms with E-state index in [0.717, 1.165) is 63.7 Å². The molecule has 0 radical (unpaired) electrons. The molecular weight excluding hydrogens is 305 g/mol. The van der Waals surface area contributed by atoms with Crippen LogP contribution in [0.2, 0.25) is 0 Å². The molecular formula is C20H28FNO2. The number of piperidine rings is 1. The lowest BCUT2D eigenvalue weighted by Crippen LogP contribution is -2.51. The summed E-state index contributed by atoms with van der Waals surface area (Å²) in [6.07, 6.45) is 6.87. The van der Waals surface area contributed by atoms with E-state index in [1.807, 2.05) is 11.0 Å². The number of rotatable bonds is 5. The third-order valence-electron chi connectivity index (χ3n) is 5.47. The lowest BCUT2D eigenvalue weighted by atomic mass is 9.77. The van der Waals surface area contributed by atoms with Gasteiger partial charge in [-0.05, 0) is 49.8 Å². The second-order valence-electron chi connectivity index (χ2n) is 7.19. The van der Waals surface area contributed by atoms with Crippen LogP contribution in [0.5, 0.6) is 0 Å². The summed E-state index contributed by atoms with van der Waals surface area (Å²) in [6, 6.07) is 6.65. The molecule has 1 aromatic carbocycles. The van der Waals surface area contributed by atoms with Crippen LogP contribution in [0, 0.1) is 5.82 Å². The Kier molecular flexibility index (Phi) is 5.54. The number of halogens is 1. The van der Waals surface area contributed by atoms with Gasteiger partial charge >= 0.3 is 0 Å². The van der Waals surface area contributed by atoms with Gasteiger partial charge in [0, 0.05) is 19.7 Å². The maximum Gasteiger partial charge on any atom is 0.233 e. The van der Waals surface area contributed by atoms with Crippen LogP contribution in [0.25, 0.3) is 0 Å². The van der Waals surface area contributed by atoms with E-state index in [1.165, 1.54) is 6.07 Å². The van der Waals surface area contributed by atoms with Crippen LogP contribution >= 0.6 is 0 Å². The molecule has 1 saturated heterocycles. The highest BCUT2D eigenvalue weighted by molar-refractivity contribution is 5.88. The van der Waals surface area contributed by atoms with Gasteiger partial charge in [0.1, 0.15) is 5.82 Å². The van der Waals surface area contributed by atoms with Crippen molar-refractivity contribution < 1.29 is 13.9 Å². The highest BCUT2D eigenvalue weighted by atomic mass is 19.1. The largest absolute Gasteiger partial charge is 0.376 e. The van der Waals surface area contributed by atoms with Gasteiger partial charge in [0.05, 0.1) is 11.5 Å². The minimum absolute atomic E-state index is 0.147. The molecule has 0 spiro atoms. The summed E-state index contributed by atoms with van der Waals surface area (Å²) < 4.78 is 19.6. The van der Waals surface area contributed by atoms with Gasteiger partial charge < -0.3 is 9.64 Å². The van der Waals surface area contributed by atoms with Gasteiger partial charge in [-0.1, -0.05) is 31.9 Å². The van der Waals surface area contributed by atoms with Crippen molar-refractivity contribution in [3.05, 3.63) is 35.6 Å². The molecule has 1 amide bonds. The number of likely N-dealkylation sites (tertiary alicyclic amines) is 1. The van der Waals surface area contributed by atoms with Gasteiger partial charge in [-0.15, -0.1) is 0 Å². The van der Waals surface area contributed by atoms with Crippen LogP contribution in [0.1, 0.15) is 57.4 Å². The van der Waals surface area contributed by atoms with E-state index >= 15 is 0 Å². The van der Waals surface area contributed by atoms with E-state index in [2.05, 4.69) is 6.92 Å². The monoisotopic (exact) mass is 333 g/mol. The van der Waals surface area contributed by atoms with Gasteiger partial charge in [-0.25, -0.2) is 4.39 Å². The number of amides is 1. The molecule has 2 aliphatic rings. The van der Waals surface area contributed by atoms with E-state index in [1.54, 1.807) is 12.1 Å². The summed E-state index contributed by atoms with van der Waals surface area (Å²) >= 11 is 0. The summed E-state index contributed by atoms with van der Waals surface area (Å²) in [5.41, 5.74) is 0.316. The number of benzene rings is 1. The van der Waals surface area contributed by atoms with Crippen molar-refractivity contribution in [1.29, 1.82) is 0 Å². The average molecular weight is 333 g/mol. The molecule has 2 fully saturated rings. The average Bonchev–Trinajstić information content (AvgIpc) is 3.10. The van der Waals surface area contributed by atoms with E-state index in [9.17, 15) is 9.18 Å². The molecule has 1 atom stereocenters. The van der Waals surface area contributed by atoms with Gasteiger partial charge in [-0.3, -0.25) is 4.79 Å². The van der Waals surface area contributed by atoms with Crippen LogP contribution in [-0.2, 0) is 14.9 Å². The Balaban J connectivity index is 1.80. The maximum atomic E-state index is 13.8. The van der Waals surface area contributed by atoms with Gasteiger partial charge in [0.15, 0.2) is 0 Å². The Morgan fingerprint density at radius 3 is 2.83 bits per heavy atom. The van der Waals surface area contributed by atoms with E-state index < -0.39 is 5.41 Å². The molecule has 1 unspecified atom stereocenters. The summed E-state index contributed by atoms with van der Waals surface area (Å²) in [6.45, 7) is 4.32. The highest BCUT2D eigenvalue weighted by Gasteiger charge is 2.45. The highest BCUT2D eigenvalue weighted by Crippen LogP contribution is 2.43. The molecule has 4 heteroatoms. The molecule has 0 aromatic heterocycles. The SMILES string of the molecule is CCCOC1CCCN(C(=O)C2(c3cccc(F)c3)CCCC2)C1. The van der Waals surface area contributed by atoms with Gasteiger partial charge in [-0.2, -0.15) is 0 Å².